The van der Waals surface area contributed by atoms with E-state index in [1.807, 2.05) is 31.0 Å². The molecule has 0 saturated carbocycles. The monoisotopic (exact) mass is 352 g/mol. The van der Waals surface area contributed by atoms with E-state index in [0.717, 1.165) is 39.2 Å². The first-order valence-corrected chi connectivity index (χ1v) is 8.66. The molecule has 0 spiro atoms. The molecule has 7 nitrogen and oxygen atoms in total. The molecule has 0 fully saturated rings. The SMILES string of the molecule is Cc1nc(-c2cccnc2)sc1-c1cnc2c(n1)/C(=N/O)CCN2C. The zero-order valence-electron chi connectivity index (χ0n) is 13.8. The fourth-order valence-corrected chi connectivity index (χ4v) is 3.82. The van der Waals surface area contributed by atoms with E-state index in [9.17, 15) is 5.21 Å². The summed E-state index contributed by atoms with van der Waals surface area (Å²) in [6.45, 7) is 2.71. The van der Waals surface area contributed by atoms with E-state index in [1.165, 1.54) is 0 Å². The Hall–Kier alpha value is -2.87. The van der Waals surface area contributed by atoms with Crippen LogP contribution in [0.3, 0.4) is 0 Å². The lowest BCUT2D eigenvalue weighted by molar-refractivity contribution is 0.317. The Bertz CT molecular complexity index is 953. The van der Waals surface area contributed by atoms with Gasteiger partial charge in [-0.15, -0.1) is 11.3 Å². The molecule has 0 aliphatic carbocycles. The third-order valence-electron chi connectivity index (χ3n) is 4.13. The molecule has 0 atom stereocenters. The maximum absolute atomic E-state index is 9.28. The summed E-state index contributed by atoms with van der Waals surface area (Å²) in [5.74, 6) is 0.734. The maximum Gasteiger partial charge on any atom is 0.156 e. The van der Waals surface area contributed by atoms with E-state index < -0.39 is 0 Å². The average molecular weight is 352 g/mol. The summed E-state index contributed by atoms with van der Waals surface area (Å²) >= 11 is 1.56. The molecule has 126 valence electrons. The van der Waals surface area contributed by atoms with Crippen molar-refractivity contribution >= 4 is 22.9 Å². The van der Waals surface area contributed by atoms with E-state index in [0.29, 0.717) is 17.8 Å². The number of thiazole rings is 1. The van der Waals surface area contributed by atoms with Crippen LogP contribution in [-0.4, -0.2) is 44.4 Å². The van der Waals surface area contributed by atoms with E-state index in [2.05, 4.69) is 20.1 Å². The number of pyridine rings is 1. The quantitative estimate of drug-likeness (QED) is 0.563. The van der Waals surface area contributed by atoms with Gasteiger partial charge < -0.3 is 10.1 Å². The number of aryl methyl sites for hydroxylation is 1. The van der Waals surface area contributed by atoms with Crippen molar-refractivity contribution in [1.29, 1.82) is 0 Å². The van der Waals surface area contributed by atoms with Crippen LogP contribution in [0.4, 0.5) is 5.82 Å². The van der Waals surface area contributed by atoms with E-state index in [1.54, 1.807) is 29.9 Å². The molecule has 0 radical (unpaired) electrons. The molecule has 8 heteroatoms. The number of fused-ring (bicyclic) bond motifs is 1. The van der Waals surface area contributed by atoms with Gasteiger partial charge in [-0.3, -0.25) is 4.98 Å². The molecule has 25 heavy (non-hydrogen) atoms. The second-order valence-corrected chi connectivity index (χ2v) is 6.82. The van der Waals surface area contributed by atoms with Crippen LogP contribution in [-0.2, 0) is 0 Å². The van der Waals surface area contributed by atoms with Gasteiger partial charge in [0.15, 0.2) is 5.82 Å². The molecule has 0 amide bonds. The van der Waals surface area contributed by atoms with Crippen molar-refractivity contribution in [2.45, 2.75) is 13.3 Å². The summed E-state index contributed by atoms with van der Waals surface area (Å²) in [6.07, 6.45) is 5.93. The highest BCUT2D eigenvalue weighted by molar-refractivity contribution is 7.18. The Morgan fingerprint density at radius 1 is 1.28 bits per heavy atom. The molecular formula is C17H16N6OS. The van der Waals surface area contributed by atoms with Crippen molar-refractivity contribution in [2.24, 2.45) is 5.16 Å². The Morgan fingerprint density at radius 2 is 2.16 bits per heavy atom. The normalized spacial score (nSPS) is 15.4. The van der Waals surface area contributed by atoms with Gasteiger partial charge in [-0.1, -0.05) is 5.16 Å². The number of nitrogens with zero attached hydrogens (tertiary/aromatic N) is 6. The molecule has 4 heterocycles. The summed E-state index contributed by atoms with van der Waals surface area (Å²) in [6, 6.07) is 3.88. The van der Waals surface area contributed by atoms with Crippen LogP contribution in [0.5, 0.6) is 0 Å². The topological polar surface area (TPSA) is 87.4 Å². The van der Waals surface area contributed by atoms with Crippen LogP contribution in [0.25, 0.3) is 21.1 Å². The number of rotatable bonds is 2. The molecule has 3 aromatic rings. The molecule has 0 saturated heterocycles. The van der Waals surface area contributed by atoms with Gasteiger partial charge in [-0.2, -0.15) is 0 Å². The lowest BCUT2D eigenvalue weighted by atomic mass is 10.1. The molecular weight excluding hydrogens is 336 g/mol. The standard InChI is InChI=1S/C17H16N6OS/c1-10-15(25-17(20-10)11-4-3-6-18-8-11)13-9-19-16-14(21-13)12(22-24)5-7-23(16)2/h3-4,6,8-9,24H,5,7H2,1-2H3/b22-12+. The third-order valence-corrected chi connectivity index (χ3v) is 5.36. The molecule has 1 aliphatic heterocycles. The lowest BCUT2D eigenvalue weighted by Crippen LogP contribution is -2.30. The number of anilines is 1. The Labute approximate surface area is 148 Å². The highest BCUT2D eigenvalue weighted by atomic mass is 32.1. The maximum atomic E-state index is 9.28. The fourth-order valence-electron chi connectivity index (χ4n) is 2.81. The van der Waals surface area contributed by atoms with Crippen molar-refractivity contribution in [3.63, 3.8) is 0 Å². The minimum atomic E-state index is 0.567. The van der Waals surface area contributed by atoms with Gasteiger partial charge in [-0.05, 0) is 19.1 Å². The van der Waals surface area contributed by atoms with Crippen molar-refractivity contribution in [3.8, 4) is 21.1 Å². The fraction of sp³-hybridized carbons (Fsp3) is 0.235. The summed E-state index contributed by atoms with van der Waals surface area (Å²) in [5, 5.41) is 13.6. The van der Waals surface area contributed by atoms with E-state index in [-0.39, 0.29) is 0 Å². The van der Waals surface area contributed by atoms with E-state index in [4.69, 9.17) is 4.98 Å². The molecule has 0 unspecified atom stereocenters. The van der Waals surface area contributed by atoms with Crippen LogP contribution < -0.4 is 4.90 Å². The highest BCUT2D eigenvalue weighted by Crippen LogP contribution is 2.35. The van der Waals surface area contributed by atoms with Gasteiger partial charge in [0.25, 0.3) is 0 Å². The van der Waals surface area contributed by atoms with Crippen LogP contribution >= 0.6 is 11.3 Å². The van der Waals surface area contributed by atoms with Crippen molar-refractivity contribution < 1.29 is 5.21 Å². The summed E-state index contributed by atoms with van der Waals surface area (Å²) in [5.41, 5.74) is 3.80. The van der Waals surface area contributed by atoms with Crippen LogP contribution in [0.15, 0.2) is 35.9 Å². The van der Waals surface area contributed by atoms with Crippen LogP contribution in [0.1, 0.15) is 17.8 Å². The van der Waals surface area contributed by atoms with Crippen LogP contribution in [0.2, 0.25) is 0 Å². The van der Waals surface area contributed by atoms with Gasteiger partial charge in [0.05, 0.1) is 16.8 Å². The van der Waals surface area contributed by atoms with E-state index >= 15 is 0 Å². The Morgan fingerprint density at radius 3 is 2.92 bits per heavy atom. The van der Waals surface area contributed by atoms with Crippen molar-refractivity contribution in [1.82, 2.24) is 19.9 Å². The largest absolute Gasteiger partial charge is 0.411 e. The predicted molar refractivity (Wildman–Crippen MR) is 97.3 cm³/mol. The first-order chi connectivity index (χ1) is 12.2. The zero-order chi connectivity index (χ0) is 17.4. The smallest absolute Gasteiger partial charge is 0.156 e. The molecule has 3 aromatic heterocycles. The summed E-state index contributed by atoms with van der Waals surface area (Å²) < 4.78 is 0. The minimum absolute atomic E-state index is 0.567. The number of oxime groups is 1. The summed E-state index contributed by atoms with van der Waals surface area (Å²) in [7, 11) is 1.96. The van der Waals surface area contributed by atoms with Crippen LogP contribution in [0, 0.1) is 6.92 Å². The zero-order valence-corrected chi connectivity index (χ0v) is 14.7. The average Bonchev–Trinajstić information content (AvgIpc) is 3.04. The highest BCUT2D eigenvalue weighted by Gasteiger charge is 2.24. The first-order valence-electron chi connectivity index (χ1n) is 7.85. The first kappa shape index (κ1) is 15.6. The molecule has 1 N–H and O–H groups in total. The third kappa shape index (κ3) is 2.74. The predicted octanol–water partition coefficient (Wildman–Crippen LogP) is 2.99. The minimum Gasteiger partial charge on any atom is -0.411 e. The second-order valence-electron chi connectivity index (χ2n) is 5.82. The Kier molecular flexibility index (Phi) is 3.89. The molecule has 0 bridgehead atoms. The van der Waals surface area contributed by atoms with Gasteiger partial charge in [0, 0.05) is 38.0 Å². The van der Waals surface area contributed by atoms with Gasteiger partial charge >= 0.3 is 0 Å². The molecule has 1 aliphatic rings. The second kappa shape index (κ2) is 6.21. The molecule has 4 rings (SSSR count). The van der Waals surface area contributed by atoms with Crippen molar-refractivity contribution in [2.75, 3.05) is 18.5 Å². The van der Waals surface area contributed by atoms with Gasteiger partial charge in [0.1, 0.15) is 22.1 Å². The van der Waals surface area contributed by atoms with Gasteiger partial charge in [0.2, 0.25) is 0 Å². The Balaban J connectivity index is 1.80. The number of hydrogen-bond donors (Lipinski definition) is 1. The molecule has 0 aromatic carbocycles. The number of aromatic nitrogens is 4. The lowest BCUT2D eigenvalue weighted by Gasteiger charge is -2.25. The van der Waals surface area contributed by atoms with Crippen molar-refractivity contribution in [3.05, 3.63) is 42.1 Å². The van der Waals surface area contributed by atoms with Gasteiger partial charge in [-0.25, -0.2) is 15.0 Å². The summed E-state index contributed by atoms with van der Waals surface area (Å²) in [4.78, 5) is 21.0. The number of hydrogen-bond acceptors (Lipinski definition) is 8.